The lowest BCUT2D eigenvalue weighted by Gasteiger charge is -2.26. The topological polar surface area (TPSA) is 63.7 Å². The minimum absolute atomic E-state index is 0.144. The molecule has 0 saturated carbocycles. The largest absolute Gasteiger partial charge is 0.459 e. The van der Waals surface area contributed by atoms with Crippen molar-refractivity contribution in [1.82, 2.24) is 4.90 Å². The van der Waals surface area contributed by atoms with Crippen LogP contribution in [0.3, 0.4) is 0 Å². The van der Waals surface area contributed by atoms with Gasteiger partial charge < -0.3 is 4.74 Å². The zero-order valence-corrected chi connectivity index (χ0v) is 16.2. The molecule has 1 aromatic rings. The lowest BCUT2D eigenvalue weighted by molar-refractivity contribution is -0.160. The third-order valence-electron chi connectivity index (χ3n) is 5.45. The molecule has 5 nitrogen and oxygen atoms in total. The molecule has 0 aromatic heterocycles. The summed E-state index contributed by atoms with van der Waals surface area (Å²) in [4.78, 5) is 39.8. The van der Waals surface area contributed by atoms with Gasteiger partial charge in [0.15, 0.2) is 0 Å². The van der Waals surface area contributed by atoms with Crippen molar-refractivity contribution in [2.75, 3.05) is 0 Å². The van der Waals surface area contributed by atoms with Crippen molar-refractivity contribution in [3.63, 3.8) is 0 Å². The summed E-state index contributed by atoms with van der Waals surface area (Å²) < 4.78 is 5.53. The molecular formula is C22H27NO4. The van der Waals surface area contributed by atoms with Gasteiger partial charge in [0.25, 0.3) is 0 Å². The predicted octanol–water partition coefficient (Wildman–Crippen LogP) is 3.40. The van der Waals surface area contributed by atoms with Gasteiger partial charge in [-0.15, -0.1) is 0 Å². The van der Waals surface area contributed by atoms with Crippen LogP contribution in [0.1, 0.15) is 44.2 Å². The van der Waals surface area contributed by atoms with Crippen LogP contribution in [0, 0.1) is 24.7 Å². The molecule has 3 atom stereocenters. The van der Waals surface area contributed by atoms with Gasteiger partial charge in [-0.2, -0.15) is 0 Å². The predicted molar refractivity (Wildman–Crippen MR) is 101 cm³/mol. The van der Waals surface area contributed by atoms with Gasteiger partial charge >= 0.3 is 5.97 Å². The molecule has 2 aliphatic rings. The molecule has 3 rings (SSSR count). The number of benzene rings is 1. The Morgan fingerprint density at radius 3 is 2.26 bits per heavy atom. The van der Waals surface area contributed by atoms with Crippen LogP contribution in [0.25, 0.3) is 0 Å². The van der Waals surface area contributed by atoms with E-state index in [1.54, 1.807) is 0 Å². The Morgan fingerprint density at radius 2 is 1.70 bits per heavy atom. The van der Waals surface area contributed by atoms with Crippen molar-refractivity contribution in [2.45, 2.75) is 52.7 Å². The standard InChI is InChI=1S/C22H27NO4/c1-14(2)12-19(22(26)27-13-16-9-5-4-8-15(16)3)23-20(24)17-10-6-7-11-18(17)21(23)25/h4-9,14,17-19H,10-13H2,1-3H3/t17-,18+,19-/m1/s1. The fraction of sp³-hybridized carbons (Fsp3) is 0.500. The van der Waals surface area contributed by atoms with Crippen LogP contribution in [0.4, 0.5) is 0 Å². The molecule has 0 bridgehead atoms. The van der Waals surface area contributed by atoms with E-state index in [4.69, 9.17) is 4.74 Å². The Morgan fingerprint density at radius 1 is 1.11 bits per heavy atom. The van der Waals surface area contributed by atoms with E-state index < -0.39 is 12.0 Å². The Hall–Kier alpha value is -2.43. The minimum Gasteiger partial charge on any atom is -0.459 e. The number of esters is 1. The lowest BCUT2D eigenvalue weighted by atomic mass is 9.85. The van der Waals surface area contributed by atoms with Gasteiger partial charge in [0, 0.05) is 0 Å². The van der Waals surface area contributed by atoms with Gasteiger partial charge in [0.2, 0.25) is 11.8 Å². The van der Waals surface area contributed by atoms with Gasteiger partial charge in [-0.3, -0.25) is 14.5 Å². The van der Waals surface area contributed by atoms with E-state index in [9.17, 15) is 14.4 Å². The third kappa shape index (κ3) is 3.97. The minimum atomic E-state index is -0.848. The molecule has 0 unspecified atom stereocenters. The summed E-state index contributed by atoms with van der Waals surface area (Å²) in [5.41, 5.74) is 1.96. The normalized spacial score (nSPS) is 22.9. The maximum atomic E-state index is 12.9. The van der Waals surface area contributed by atoms with Crippen LogP contribution in [-0.2, 0) is 25.7 Å². The van der Waals surface area contributed by atoms with E-state index in [1.165, 1.54) is 4.90 Å². The maximum Gasteiger partial charge on any atom is 0.329 e. The number of fused-ring (bicyclic) bond motifs is 1. The first-order valence-corrected chi connectivity index (χ1v) is 9.63. The Balaban J connectivity index is 1.77. The van der Waals surface area contributed by atoms with Crippen molar-refractivity contribution in [1.29, 1.82) is 0 Å². The fourth-order valence-corrected chi connectivity index (χ4v) is 3.90. The van der Waals surface area contributed by atoms with Gasteiger partial charge in [0.05, 0.1) is 11.8 Å². The summed E-state index contributed by atoms with van der Waals surface area (Å²) in [7, 11) is 0. The number of ether oxygens (including phenoxy) is 1. The molecule has 1 fully saturated rings. The smallest absolute Gasteiger partial charge is 0.329 e. The molecule has 144 valence electrons. The number of hydrogen-bond donors (Lipinski definition) is 0. The van der Waals surface area contributed by atoms with E-state index in [2.05, 4.69) is 0 Å². The zero-order chi connectivity index (χ0) is 19.6. The van der Waals surface area contributed by atoms with Crippen molar-refractivity contribution in [3.05, 3.63) is 47.5 Å². The monoisotopic (exact) mass is 369 g/mol. The van der Waals surface area contributed by atoms with Crippen LogP contribution >= 0.6 is 0 Å². The number of likely N-dealkylation sites (tertiary alicyclic amines) is 1. The molecule has 1 aliphatic heterocycles. The second-order valence-electron chi connectivity index (χ2n) is 7.88. The Labute approximate surface area is 160 Å². The highest BCUT2D eigenvalue weighted by atomic mass is 16.5. The second kappa shape index (κ2) is 8.07. The van der Waals surface area contributed by atoms with Crippen LogP contribution < -0.4 is 0 Å². The fourth-order valence-electron chi connectivity index (χ4n) is 3.90. The molecule has 5 heteroatoms. The molecule has 1 heterocycles. The number of hydrogen-bond acceptors (Lipinski definition) is 4. The van der Waals surface area contributed by atoms with E-state index >= 15 is 0 Å². The highest BCUT2D eigenvalue weighted by Gasteiger charge is 2.51. The number of nitrogens with zero attached hydrogens (tertiary/aromatic N) is 1. The summed E-state index contributed by atoms with van der Waals surface area (Å²) in [6.45, 7) is 6.05. The summed E-state index contributed by atoms with van der Waals surface area (Å²) in [6, 6.07) is 6.85. The molecule has 1 aromatic carbocycles. The van der Waals surface area contributed by atoms with E-state index in [1.807, 2.05) is 57.2 Å². The summed E-state index contributed by atoms with van der Waals surface area (Å²) >= 11 is 0. The quantitative estimate of drug-likeness (QED) is 0.438. The average molecular weight is 369 g/mol. The third-order valence-corrected chi connectivity index (χ3v) is 5.45. The van der Waals surface area contributed by atoms with Crippen molar-refractivity contribution < 1.29 is 19.1 Å². The number of amides is 2. The van der Waals surface area contributed by atoms with Gasteiger partial charge in [-0.05, 0) is 43.2 Å². The second-order valence-corrected chi connectivity index (χ2v) is 7.88. The summed E-state index contributed by atoms with van der Waals surface area (Å²) in [5, 5.41) is 0. The van der Waals surface area contributed by atoms with E-state index in [0.717, 1.165) is 11.1 Å². The number of rotatable bonds is 6. The molecular weight excluding hydrogens is 342 g/mol. The number of carbonyl (C=O) groups excluding carboxylic acids is 3. The molecule has 27 heavy (non-hydrogen) atoms. The number of aryl methyl sites for hydroxylation is 1. The highest BCUT2D eigenvalue weighted by molar-refractivity contribution is 6.08. The Bertz CT molecular complexity index is 741. The van der Waals surface area contributed by atoms with Gasteiger partial charge in [0.1, 0.15) is 12.6 Å². The highest BCUT2D eigenvalue weighted by Crippen LogP contribution is 2.37. The SMILES string of the molecule is Cc1ccccc1COC(=O)[C@@H](CC(C)C)N1C(=O)[C@H]2CC=CC[C@H]2C1=O. The van der Waals surface area contributed by atoms with Gasteiger partial charge in [-0.1, -0.05) is 50.3 Å². The number of allylic oxidation sites excluding steroid dienone is 2. The van der Waals surface area contributed by atoms with Crippen molar-refractivity contribution in [3.8, 4) is 0 Å². The molecule has 1 aliphatic carbocycles. The average Bonchev–Trinajstić information content (AvgIpc) is 2.90. The van der Waals surface area contributed by atoms with Crippen molar-refractivity contribution >= 4 is 17.8 Å². The first-order chi connectivity index (χ1) is 12.9. The number of imide groups is 1. The maximum absolute atomic E-state index is 12.9. The summed E-state index contributed by atoms with van der Waals surface area (Å²) in [5.74, 6) is -1.47. The van der Waals surface area contributed by atoms with Crippen molar-refractivity contribution in [2.24, 2.45) is 17.8 Å². The first kappa shape index (κ1) is 19.3. The summed E-state index contributed by atoms with van der Waals surface area (Å²) in [6.07, 6.45) is 5.45. The van der Waals surface area contributed by atoms with E-state index in [-0.39, 0.29) is 36.2 Å². The first-order valence-electron chi connectivity index (χ1n) is 9.63. The lowest BCUT2D eigenvalue weighted by Crippen LogP contribution is -2.47. The van der Waals surface area contributed by atoms with Crippen LogP contribution in [-0.4, -0.2) is 28.7 Å². The van der Waals surface area contributed by atoms with Crippen LogP contribution in [0.15, 0.2) is 36.4 Å². The van der Waals surface area contributed by atoms with E-state index in [0.29, 0.717) is 19.3 Å². The molecule has 2 amide bonds. The molecule has 0 spiro atoms. The number of carbonyl (C=O) groups is 3. The molecule has 0 N–H and O–H groups in total. The molecule has 1 saturated heterocycles. The van der Waals surface area contributed by atoms with Crippen LogP contribution in [0.5, 0.6) is 0 Å². The zero-order valence-electron chi connectivity index (χ0n) is 16.2. The van der Waals surface area contributed by atoms with Crippen LogP contribution in [0.2, 0.25) is 0 Å². The van der Waals surface area contributed by atoms with Gasteiger partial charge in [-0.25, -0.2) is 4.79 Å². The Kier molecular flexibility index (Phi) is 5.78. The molecule has 0 radical (unpaired) electrons.